The molecule has 3 aromatic heterocycles. The highest BCUT2D eigenvalue weighted by atomic mass is 32.1. The second kappa shape index (κ2) is 7.81. The van der Waals surface area contributed by atoms with E-state index in [2.05, 4.69) is 20.7 Å². The van der Waals surface area contributed by atoms with Crippen molar-refractivity contribution in [3.05, 3.63) is 70.7 Å². The third-order valence-electron chi connectivity index (χ3n) is 5.19. The Morgan fingerprint density at radius 2 is 2.13 bits per heavy atom. The van der Waals surface area contributed by atoms with Gasteiger partial charge < -0.3 is 10.6 Å². The van der Waals surface area contributed by atoms with Crippen LogP contribution in [0.25, 0.3) is 16.9 Å². The second-order valence-corrected chi connectivity index (χ2v) is 8.10. The summed E-state index contributed by atoms with van der Waals surface area (Å²) in [5.41, 5.74) is 3.36. The summed E-state index contributed by atoms with van der Waals surface area (Å²) < 4.78 is 1.67. The molecule has 1 amide bonds. The molecule has 1 aliphatic heterocycles. The van der Waals surface area contributed by atoms with Crippen LogP contribution >= 0.6 is 11.3 Å². The lowest BCUT2D eigenvalue weighted by molar-refractivity contribution is -0.117. The zero-order chi connectivity index (χ0) is 20.5. The van der Waals surface area contributed by atoms with Crippen molar-refractivity contribution in [3.63, 3.8) is 0 Å². The second-order valence-electron chi connectivity index (χ2n) is 7.15. The van der Waals surface area contributed by atoms with Crippen molar-refractivity contribution in [2.75, 3.05) is 11.9 Å². The van der Waals surface area contributed by atoms with Crippen molar-refractivity contribution in [2.45, 2.75) is 18.9 Å². The Hall–Kier alpha value is -3.36. The number of nitrogens with one attached hydrogen (secondary N) is 2. The molecule has 0 unspecified atom stereocenters. The van der Waals surface area contributed by atoms with Crippen molar-refractivity contribution < 1.29 is 9.59 Å². The van der Waals surface area contributed by atoms with E-state index in [4.69, 9.17) is 0 Å². The van der Waals surface area contributed by atoms with Crippen LogP contribution in [0, 0.1) is 0 Å². The van der Waals surface area contributed by atoms with E-state index >= 15 is 0 Å². The zero-order valence-corrected chi connectivity index (χ0v) is 16.9. The average molecular weight is 417 g/mol. The van der Waals surface area contributed by atoms with E-state index in [9.17, 15) is 9.59 Å². The lowest BCUT2D eigenvalue weighted by Gasteiger charge is -2.12. The van der Waals surface area contributed by atoms with E-state index in [0.717, 1.165) is 36.3 Å². The van der Waals surface area contributed by atoms with Crippen molar-refractivity contribution >= 4 is 34.4 Å². The molecule has 30 heavy (non-hydrogen) atoms. The zero-order valence-electron chi connectivity index (χ0n) is 16.0. The first-order chi connectivity index (χ1) is 14.7. The lowest BCUT2D eigenvalue weighted by atomic mass is 10.1. The van der Waals surface area contributed by atoms with Gasteiger partial charge in [-0.15, -0.1) is 11.3 Å². The van der Waals surface area contributed by atoms with Gasteiger partial charge in [-0.2, -0.15) is 5.10 Å². The number of anilines is 1. The molecule has 150 valence electrons. The molecule has 1 fully saturated rings. The Morgan fingerprint density at radius 1 is 1.20 bits per heavy atom. The molecule has 1 saturated heterocycles. The van der Waals surface area contributed by atoms with Crippen LogP contribution in [0.5, 0.6) is 0 Å². The molecule has 5 rings (SSSR count). The fourth-order valence-corrected chi connectivity index (χ4v) is 4.38. The Labute approximate surface area is 176 Å². The number of hydrogen-bond donors (Lipinski definition) is 2. The lowest BCUT2D eigenvalue weighted by Crippen LogP contribution is -2.35. The van der Waals surface area contributed by atoms with Crippen molar-refractivity contribution in [3.8, 4) is 11.3 Å². The van der Waals surface area contributed by atoms with E-state index in [1.807, 2.05) is 41.8 Å². The molecule has 0 saturated carbocycles. The summed E-state index contributed by atoms with van der Waals surface area (Å²) in [6, 6.07) is 13.0. The molecule has 4 heterocycles. The van der Waals surface area contributed by atoms with Crippen LogP contribution < -0.4 is 10.6 Å². The number of fused-ring (bicyclic) bond motifs is 1. The number of rotatable bonds is 5. The SMILES string of the molecule is O=C(c1cccs1)c1cnn2c(-c3cccc(NC(=O)[C@@H]4CCCN4)c3)ccnc12. The number of hydrogen-bond acceptors (Lipinski definition) is 6. The van der Waals surface area contributed by atoms with Gasteiger partial charge in [-0.05, 0) is 49.0 Å². The van der Waals surface area contributed by atoms with Gasteiger partial charge in [0.25, 0.3) is 0 Å². The first-order valence-corrected chi connectivity index (χ1v) is 10.6. The van der Waals surface area contributed by atoms with Gasteiger partial charge >= 0.3 is 0 Å². The van der Waals surface area contributed by atoms with Crippen LogP contribution in [0.15, 0.2) is 60.2 Å². The van der Waals surface area contributed by atoms with Crippen LogP contribution in [0.1, 0.15) is 28.1 Å². The summed E-state index contributed by atoms with van der Waals surface area (Å²) in [5.74, 6) is -0.109. The minimum absolute atomic E-state index is 0.0209. The average Bonchev–Trinajstić information content (AvgIpc) is 3.55. The Kier molecular flexibility index (Phi) is 4.86. The summed E-state index contributed by atoms with van der Waals surface area (Å²) >= 11 is 1.40. The highest BCUT2D eigenvalue weighted by Crippen LogP contribution is 2.25. The first kappa shape index (κ1) is 18.7. The summed E-state index contributed by atoms with van der Waals surface area (Å²) in [5, 5.41) is 12.5. The van der Waals surface area contributed by atoms with Crippen LogP contribution in [0.3, 0.4) is 0 Å². The van der Waals surface area contributed by atoms with Gasteiger partial charge in [0.05, 0.1) is 28.4 Å². The molecule has 0 spiro atoms. The predicted molar refractivity (Wildman–Crippen MR) is 116 cm³/mol. The largest absolute Gasteiger partial charge is 0.325 e. The monoisotopic (exact) mass is 417 g/mol. The highest BCUT2D eigenvalue weighted by Gasteiger charge is 2.22. The topological polar surface area (TPSA) is 88.4 Å². The fraction of sp³-hybridized carbons (Fsp3) is 0.182. The smallest absolute Gasteiger partial charge is 0.241 e. The molecule has 1 aliphatic rings. The van der Waals surface area contributed by atoms with Crippen LogP contribution in [0.4, 0.5) is 5.69 Å². The molecule has 0 aliphatic carbocycles. The van der Waals surface area contributed by atoms with E-state index in [0.29, 0.717) is 16.1 Å². The number of nitrogens with zero attached hydrogens (tertiary/aromatic N) is 3. The Balaban J connectivity index is 1.48. The van der Waals surface area contributed by atoms with Crippen LogP contribution in [-0.4, -0.2) is 38.9 Å². The van der Waals surface area contributed by atoms with E-state index in [1.165, 1.54) is 11.3 Å². The third-order valence-corrected chi connectivity index (χ3v) is 6.06. The van der Waals surface area contributed by atoms with Gasteiger partial charge in [0.2, 0.25) is 11.7 Å². The standard InChI is InChI=1S/C22H19N5O2S/c28-20(19-7-3-11-30-19)16-13-25-27-18(8-10-24-21(16)27)14-4-1-5-15(12-14)26-22(29)17-6-2-9-23-17/h1,3-5,7-8,10-13,17,23H,2,6,9H2,(H,26,29)/t17-/m0/s1. The Bertz CT molecular complexity index is 1230. The summed E-state index contributed by atoms with van der Waals surface area (Å²) in [6.45, 7) is 0.874. The molecular formula is C22H19N5O2S. The molecule has 0 bridgehead atoms. The number of carbonyl (C=O) groups excluding carboxylic acids is 2. The minimum Gasteiger partial charge on any atom is -0.325 e. The maximum atomic E-state index is 12.8. The van der Waals surface area contributed by atoms with E-state index < -0.39 is 0 Å². The number of thiophene rings is 1. The molecule has 2 N–H and O–H groups in total. The van der Waals surface area contributed by atoms with Gasteiger partial charge in [-0.25, -0.2) is 9.50 Å². The maximum Gasteiger partial charge on any atom is 0.241 e. The first-order valence-electron chi connectivity index (χ1n) is 9.76. The summed E-state index contributed by atoms with van der Waals surface area (Å²) in [7, 11) is 0. The highest BCUT2D eigenvalue weighted by molar-refractivity contribution is 7.12. The fourth-order valence-electron chi connectivity index (χ4n) is 3.70. The van der Waals surface area contributed by atoms with Gasteiger partial charge in [0.1, 0.15) is 0 Å². The quantitative estimate of drug-likeness (QED) is 0.486. The van der Waals surface area contributed by atoms with Gasteiger partial charge in [-0.3, -0.25) is 9.59 Å². The van der Waals surface area contributed by atoms with E-state index in [1.54, 1.807) is 23.0 Å². The molecule has 8 heteroatoms. The number of benzene rings is 1. The van der Waals surface area contributed by atoms with E-state index in [-0.39, 0.29) is 17.7 Å². The number of aromatic nitrogens is 3. The predicted octanol–water partition coefficient (Wildman–Crippen LogP) is 3.38. The summed E-state index contributed by atoms with van der Waals surface area (Å²) in [4.78, 5) is 30.3. The molecule has 4 aromatic rings. The van der Waals surface area contributed by atoms with Crippen LogP contribution in [0.2, 0.25) is 0 Å². The van der Waals surface area contributed by atoms with Crippen molar-refractivity contribution in [1.82, 2.24) is 19.9 Å². The summed E-state index contributed by atoms with van der Waals surface area (Å²) in [6.07, 6.45) is 5.10. The molecular weight excluding hydrogens is 398 g/mol. The number of amides is 1. The van der Waals surface area contributed by atoms with Gasteiger partial charge in [0, 0.05) is 17.4 Å². The number of carbonyl (C=O) groups is 2. The van der Waals surface area contributed by atoms with Gasteiger partial charge in [-0.1, -0.05) is 18.2 Å². The minimum atomic E-state index is -0.141. The molecule has 1 atom stereocenters. The van der Waals surface area contributed by atoms with Crippen molar-refractivity contribution in [2.24, 2.45) is 0 Å². The third kappa shape index (κ3) is 3.40. The van der Waals surface area contributed by atoms with Gasteiger partial charge in [0.15, 0.2) is 5.65 Å². The van der Waals surface area contributed by atoms with Crippen molar-refractivity contribution in [1.29, 1.82) is 0 Å². The molecule has 0 radical (unpaired) electrons. The van der Waals surface area contributed by atoms with Crippen LogP contribution in [-0.2, 0) is 4.79 Å². The Morgan fingerprint density at radius 3 is 2.93 bits per heavy atom. The number of ketones is 1. The molecule has 1 aromatic carbocycles. The molecule has 7 nitrogen and oxygen atoms in total. The maximum absolute atomic E-state index is 12.8. The normalized spacial score (nSPS) is 16.1.